The maximum absolute atomic E-state index is 11.5. The highest BCUT2D eigenvalue weighted by Crippen LogP contribution is 2.28. The normalized spacial score (nSPS) is 29.5. The maximum atomic E-state index is 11.5. The van der Waals surface area contributed by atoms with Gasteiger partial charge in [-0.25, -0.2) is 4.79 Å². The molecular weight excluding hydrogens is 332 g/mol. The van der Waals surface area contributed by atoms with Crippen LogP contribution in [0, 0.1) is 6.92 Å². The Morgan fingerprint density at radius 3 is 2.56 bits per heavy atom. The number of aliphatic hydroxyl groups is 4. The Balaban J connectivity index is 1.89. The van der Waals surface area contributed by atoms with E-state index in [0.717, 1.165) is 5.56 Å². The predicted molar refractivity (Wildman–Crippen MR) is 86.3 cm³/mol. The van der Waals surface area contributed by atoms with Crippen LogP contribution < -0.4 is 10.4 Å². The topological polar surface area (TPSA) is 130 Å². The second-order valence-electron chi connectivity index (χ2n) is 5.91. The van der Waals surface area contributed by atoms with Gasteiger partial charge in [0.15, 0.2) is 0 Å². The van der Waals surface area contributed by atoms with Gasteiger partial charge < -0.3 is 34.3 Å². The van der Waals surface area contributed by atoms with Crippen molar-refractivity contribution in [3.8, 4) is 5.75 Å². The molecule has 3 rings (SSSR count). The van der Waals surface area contributed by atoms with E-state index in [9.17, 15) is 25.2 Å². The molecule has 8 heteroatoms. The van der Waals surface area contributed by atoms with E-state index in [4.69, 9.17) is 13.9 Å². The first-order valence-corrected chi connectivity index (χ1v) is 7.56. The molecule has 1 aromatic carbocycles. The van der Waals surface area contributed by atoms with Crippen LogP contribution in [0.5, 0.6) is 5.75 Å². The first kappa shape index (κ1) is 17.4. The first-order chi connectivity index (χ1) is 11.8. The molecule has 1 unspecified atom stereocenters. The molecule has 5 atom stereocenters. The van der Waals surface area contributed by atoms with Crippen molar-refractivity contribution in [2.24, 2.45) is 0 Å². The van der Waals surface area contributed by atoms with E-state index in [2.05, 4.69) is 6.58 Å². The number of aryl methyl sites for hydroxylation is 1. The van der Waals surface area contributed by atoms with E-state index < -0.39 is 42.1 Å². The number of fused-ring (bicyclic) bond motifs is 1. The first-order valence-electron chi connectivity index (χ1n) is 7.56. The zero-order valence-corrected chi connectivity index (χ0v) is 13.3. The Kier molecular flexibility index (Phi) is 4.53. The number of aliphatic hydroxyl groups excluding tert-OH is 4. The molecule has 0 saturated carbocycles. The van der Waals surface area contributed by atoms with Gasteiger partial charge >= 0.3 is 5.63 Å². The van der Waals surface area contributed by atoms with Crippen molar-refractivity contribution in [3.05, 3.63) is 52.6 Å². The van der Waals surface area contributed by atoms with Crippen LogP contribution in [0.1, 0.15) is 5.56 Å². The molecular formula is C17H18O8. The third kappa shape index (κ3) is 3.24. The molecule has 0 amide bonds. The summed E-state index contributed by atoms with van der Waals surface area (Å²) < 4.78 is 15.9. The van der Waals surface area contributed by atoms with Crippen LogP contribution in [-0.4, -0.2) is 51.1 Å². The van der Waals surface area contributed by atoms with Gasteiger partial charge in [0.25, 0.3) is 0 Å². The fourth-order valence-electron chi connectivity index (χ4n) is 2.73. The Bertz CT molecular complexity index is 857. The van der Waals surface area contributed by atoms with Crippen LogP contribution in [0.25, 0.3) is 11.0 Å². The van der Waals surface area contributed by atoms with Crippen molar-refractivity contribution in [2.45, 2.75) is 37.6 Å². The van der Waals surface area contributed by atoms with Crippen molar-refractivity contribution >= 4 is 11.0 Å². The van der Waals surface area contributed by atoms with Crippen molar-refractivity contribution in [3.63, 3.8) is 0 Å². The maximum Gasteiger partial charge on any atom is 0.336 e. The highest BCUT2D eigenvalue weighted by Gasteiger charge is 2.46. The van der Waals surface area contributed by atoms with Gasteiger partial charge in [0, 0.05) is 17.5 Å². The van der Waals surface area contributed by atoms with Gasteiger partial charge in [-0.15, -0.1) is 0 Å². The summed E-state index contributed by atoms with van der Waals surface area (Å²) in [5.41, 5.74) is 0.518. The molecule has 1 saturated heterocycles. The van der Waals surface area contributed by atoms with E-state index in [1.807, 2.05) is 0 Å². The van der Waals surface area contributed by atoms with Gasteiger partial charge in [0.1, 0.15) is 41.5 Å². The summed E-state index contributed by atoms with van der Waals surface area (Å²) in [6.07, 6.45) is -7.41. The van der Waals surface area contributed by atoms with Gasteiger partial charge in [-0.3, -0.25) is 0 Å². The highest BCUT2D eigenvalue weighted by atomic mass is 16.7. The Morgan fingerprint density at radius 2 is 1.88 bits per heavy atom. The fraction of sp³-hybridized carbons (Fsp3) is 0.353. The van der Waals surface area contributed by atoms with Gasteiger partial charge in [-0.1, -0.05) is 6.58 Å². The number of hydrogen-bond acceptors (Lipinski definition) is 8. The van der Waals surface area contributed by atoms with Crippen LogP contribution in [0.4, 0.5) is 0 Å². The molecule has 0 spiro atoms. The molecule has 2 heterocycles. The van der Waals surface area contributed by atoms with Crippen LogP contribution in [0.2, 0.25) is 0 Å². The second kappa shape index (κ2) is 6.49. The van der Waals surface area contributed by atoms with Crippen molar-refractivity contribution < 1.29 is 34.3 Å². The van der Waals surface area contributed by atoms with Crippen LogP contribution >= 0.6 is 0 Å². The van der Waals surface area contributed by atoms with Gasteiger partial charge in [0.2, 0.25) is 6.29 Å². The van der Waals surface area contributed by atoms with Crippen molar-refractivity contribution in [1.29, 1.82) is 0 Å². The van der Waals surface area contributed by atoms with Gasteiger partial charge in [0.05, 0.1) is 0 Å². The molecule has 0 radical (unpaired) electrons. The van der Waals surface area contributed by atoms with E-state index in [1.165, 1.54) is 12.1 Å². The van der Waals surface area contributed by atoms with Gasteiger partial charge in [-0.05, 0) is 24.6 Å². The minimum absolute atomic E-state index is 0.205. The lowest BCUT2D eigenvalue weighted by molar-refractivity contribution is -0.268. The quantitative estimate of drug-likeness (QED) is 0.461. The lowest BCUT2D eigenvalue weighted by atomic mass is 9.98. The molecule has 8 nitrogen and oxygen atoms in total. The lowest BCUT2D eigenvalue weighted by Gasteiger charge is -2.39. The summed E-state index contributed by atoms with van der Waals surface area (Å²) in [4.78, 5) is 11.5. The summed E-state index contributed by atoms with van der Waals surface area (Å²) >= 11 is 0. The monoisotopic (exact) mass is 350 g/mol. The van der Waals surface area contributed by atoms with E-state index in [-0.39, 0.29) is 11.3 Å². The average molecular weight is 350 g/mol. The van der Waals surface area contributed by atoms with E-state index >= 15 is 0 Å². The molecule has 1 fully saturated rings. The van der Waals surface area contributed by atoms with Crippen molar-refractivity contribution in [1.82, 2.24) is 0 Å². The number of ether oxygens (including phenoxy) is 2. The number of benzene rings is 1. The summed E-state index contributed by atoms with van der Waals surface area (Å²) in [5, 5.41) is 39.9. The van der Waals surface area contributed by atoms with E-state index in [0.29, 0.717) is 5.39 Å². The number of rotatable bonds is 3. The standard InChI is InChI=1S/C17H18O8/c1-7-5-12(19)24-11-6-9(3-4-10(7)11)23-17-15(22)13(20)14(21)16(25-17)8(2)18/h3-6,13-18,20-22H,2H2,1H3/t13-,14-,15+,16+,17?/m0/s1. The Morgan fingerprint density at radius 1 is 1.16 bits per heavy atom. The Hall–Kier alpha value is -2.39. The van der Waals surface area contributed by atoms with Gasteiger partial charge in [-0.2, -0.15) is 0 Å². The number of hydrogen-bond donors (Lipinski definition) is 4. The second-order valence-corrected chi connectivity index (χ2v) is 5.91. The fourth-order valence-corrected chi connectivity index (χ4v) is 2.73. The molecule has 134 valence electrons. The van der Waals surface area contributed by atoms with Crippen LogP contribution in [-0.2, 0) is 4.74 Å². The van der Waals surface area contributed by atoms with Crippen LogP contribution in [0.15, 0.2) is 45.8 Å². The predicted octanol–water partition coefficient (Wildman–Crippen LogP) is 0.360. The summed E-state index contributed by atoms with van der Waals surface area (Å²) in [5.74, 6) is -0.302. The molecule has 1 aliphatic rings. The van der Waals surface area contributed by atoms with E-state index in [1.54, 1.807) is 19.1 Å². The van der Waals surface area contributed by atoms with Crippen molar-refractivity contribution in [2.75, 3.05) is 0 Å². The smallest absolute Gasteiger partial charge is 0.336 e. The molecule has 25 heavy (non-hydrogen) atoms. The minimum atomic E-state index is -1.60. The molecule has 2 aromatic rings. The third-order valence-corrected chi connectivity index (χ3v) is 4.07. The van der Waals surface area contributed by atoms with Crippen LogP contribution in [0.3, 0.4) is 0 Å². The minimum Gasteiger partial charge on any atom is -0.510 e. The molecule has 0 bridgehead atoms. The zero-order valence-electron chi connectivity index (χ0n) is 13.3. The molecule has 1 aliphatic heterocycles. The summed E-state index contributed by atoms with van der Waals surface area (Å²) in [7, 11) is 0. The third-order valence-electron chi connectivity index (χ3n) is 4.07. The summed E-state index contributed by atoms with van der Waals surface area (Å²) in [6, 6.07) is 6.06. The average Bonchev–Trinajstić information content (AvgIpc) is 2.54. The lowest BCUT2D eigenvalue weighted by Crippen LogP contribution is -2.59. The largest absolute Gasteiger partial charge is 0.510 e. The zero-order chi connectivity index (χ0) is 18.3. The SMILES string of the molecule is C=C(O)[C@H]1OC(Oc2ccc3c(C)cc(=O)oc3c2)[C@H](O)[C@@H](O)[C@@H]1O. The highest BCUT2D eigenvalue weighted by molar-refractivity contribution is 5.81. The Labute approximate surface area is 142 Å². The molecule has 0 aliphatic carbocycles. The molecule has 4 N–H and O–H groups in total. The molecule has 1 aromatic heterocycles. The summed E-state index contributed by atoms with van der Waals surface area (Å²) in [6.45, 7) is 5.03.